The number of carbonyl (C=O) groups excluding carboxylic acids is 1. The number of hydrogen-bond donors (Lipinski definition) is 2. The lowest BCUT2D eigenvalue weighted by molar-refractivity contribution is -0.116. The van der Waals surface area contributed by atoms with Crippen LogP contribution in [0.5, 0.6) is 0 Å². The minimum absolute atomic E-state index is 0.199. The zero-order valence-corrected chi connectivity index (χ0v) is 18.1. The molecule has 0 bridgehead atoms. The monoisotopic (exact) mass is 403 g/mol. The molecule has 0 saturated heterocycles. The molecule has 2 aromatic carbocycles. The van der Waals surface area contributed by atoms with Gasteiger partial charge in [-0.15, -0.1) is 0 Å². The van der Waals surface area contributed by atoms with E-state index in [0.29, 0.717) is 17.2 Å². The van der Waals surface area contributed by atoms with Crippen LogP contribution < -0.4 is 10.6 Å². The molecule has 0 aliphatic carbocycles. The van der Waals surface area contributed by atoms with Gasteiger partial charge < -0.3 is 10.6 Å². The summed E-state index contributed by atoms with van der Waals surface area (Å²) in [6.07, 6.45) is 0. The van der Waals surface area contributed by atoms with Crippen LogP contribution in [-0.2, 0) is 14.8 Å². The van der Waals surface area contributed by atoms with Crippen LogP contribution in [0.2, 0.25) is 0 Å². The van der Waals surface area contributed by atoms with Crippen molar-refractivity contribution in [1.29, 1.82) is 0 Å². The van der Waals surface area contributed by atoms with Crippen LogP contribution in [0.1, 0.15) is 37.8 Å². The number of sulfonamides is 1. The third-order valence-corrected chi connectivity index (χ3v) is 6.53. The normalized spacial score (nSPS) is 12.9. The minimum atomic E-state index is -3.55. The number of rotatable bonds is 7. The first-order chi connectivity index (χ1) is 13.0. The maximum atomic E-state index is 12.5. The van der Waals surface area contributed by atoms with Gasteiger partial charge in [-0.2, -0.15) is 0 Å². The number of amides is 1. The molecule has 0 fully saturated rings. The summed E-state index contributed by atoms with van der Waals surface area (Å²) in [6, 6.07) is 12.3. The summed E-state index contributed by atoms with van der Waals surface area (Å²) < 4.78 is 26.1. The Labute approximate surface area is 168 Å². The Morgan fingerprint density at radius 1 is 0.964 bits per heavy atom. The highest BCUT2D eigenvalue weighted by Crippen LogP contribution is 2.23. The Morgan fingerprint density at radius 2 is 1.54 bits per heavy atom. The van der Waals surface area contributed by atoms with Gasteiger partial charge in [0.1, 0.15) is 6.04 Å². The standard InChI is InChI=1S/C21H29N3O3S/c1-14(2)17-8-11-18(12-9-17)23-21(25)16(4)22-19-10-7-15(3)20(13-19)28(26,27)24(5)6/h7-14,16,22H,1-6H3,(H,23,25)/t16-/m0/s1. The Bertz CT molecular complexity index is 936. The maximum absolute atomic E-state index is 12.5. The van der Waals surface area contributed by atoms with Crippen molar-refractivity contribution in [2.24, 2.45) is 0 Å². The van der Waals surface area contributed by atoms with E-state index in [2.05, 4.69) is 24.5 Å². The third-order valence-electron chi connectivity index (χ3n) is 4.57. The summed E-state index contributed by atoms with van der Waals surface area (Å²) in [4.78, 5) is 12.7. The fourth-order valence-electron chi connectivity index (χ4n) is 2.68. The van der Waals surface area contributed by atoms with E-state index in [0.717, 1.165) is 5.69 Å². The van der Waals surface area contributed by atoms with Crippen LogP contribution >= 0.6 is 0 Å². The molecule has 1 amide bonds. The van der Waals surface area contributed by atoms with Crippen LogP contribution in [0, 0.1) is 6.92 Å². The van der Waals surface area contributed by atoms with Gasteiger partial charge in [0.2, 0.25) is 15.9 Å². The van der Waals surface area contributed by atoms with Crippen molar-refractivity contribution in [2.45, 2.75) is 44.6 Å². The van der Waals surface area contributed by atoms with Crippen molar-refractivity contribution >= 4 is 27.3 Å². The van der Waals surface area contributed by atoms with Crippen LogP contribution in [0.4, 0.5) is 11.4 Å². The van der Waals surface area contributed by atoms with Gasteiger partial charge in [-0.1, -0.05) is 32.0 Å². The second-order valence-corrected chi connectivity index (χ2v) is 9.52. The largest absolute Gasteiger partial charge is 0.374 e. The van der Waals surface area contributed by atoms with E-state index in [-0.39, 0.29) is 10.8 Å². The molecule has 152 valence electrons. The number of anilines is 2. The fraction of sp³-hybridized carbons (Fsp3) is 0.381. The second-order valence-electron chi connectivity index (χ2n) is 7.40. The highest BCUT2D eigenvalue weighted by Gasteiger charge is 2.21. The topological polar surface area (TPSA) is 78.5 Å². The van der Waals surface area contributed by atoms with Gasteiger partial charge >= 0.3 is 0 Å². The van der Waals surface area contributed by atoms with Crippen molar-refractivity contribution in [3.8, 4) is 0 Å². The Balaban J connectivity index is 2.11. The van der Waals surface area contributed by atoms with Crippen molar-refractivity contribution < 1.29 is 13.2 Å². The molecular formula is C21H29N3O3S. The van der Waals surface area contributed by atoms with E-state index < -0.39 is 16.1 Å². The van der Waals surface area contributed by atoms with E-state index in [9.17, 15) is 13.2 Å². The minimum Gasteiger partial charge on any atom is -0.374 e. The molecule has 0 aliphatic rings. The highest BCUT2D eigenvalue weighted by atomic mass is 32.2. The summed E-state index contributed by atoms with van der Waals surface area (Å²) in [7, 11) is -0.562. The summed E-state index contributed by atoms with van der Waals surface area (Å²) in [6.45, 7) is 7.72. The molecule has 0 aliphatic heterocycles. The molecule has 28 heavy (non-hydrogen) atoms. The number of benzene rings is 2. The van der Waals surface area contributed by atoms with Crippen molar-refractivity contribution in [1.82, 2.24) is 4.31 Å². The summed E-state index contributed by atoms with van der Waals surface area (Å²) >= 11 is 0. The van der Waals surface area contributed by atoms with E-state index in [1.54, 1.807) is 32.0 Å². The van der Waals surface area contributed by atoms with E-state index in [1.165, 1.54) is 24.0 Å². The number of nitrogens with zero attached hydrogens (tertiary/aromatic N) is 1. The van der Waals surface area contributed by atoms with Crippen LogP contribution in [0.25, 0.3) is 0 Å². The van der Waals surface area contributed by atoms with Crippen LogP contribution in [0.15, 0.2) is 47.4 Å². The molecule has 6 nitrogen and oxygen atoms in total. The zero-order valence-electron chi connectivity index (χ0n) is 17.3. The number of carbonyl (C=O) groups is 1. The van der Waals surface area contributed by atoms with Crippen molar-refractivity contribution in [3.05, 3.63) is 53.6 Å². The maximum Gasteiger partial charge on any atom is 0.246 e. The molecule has 0 saturated carbocycles. The van der Waals surface area contributed by atoms with Crippen LogP contribution in [-0.4, -0.2) is 38.8 Å². The summed E-state index contributed by atoms with van der Waals surface area (Å²) in [5.41, 5.74) is 3.16. The Hall–Kier alpha value is -2.38. The average Bonchev–Trinajstić information content (AvgIpc) is 2.63. The quantitative estimate of drug-likeness (QED) is 0.737. The van der Waals surface area contributed by atoms with Gasteiger partial charge in [-0.3, -0.25) is 4.79 Å². The molecule has 0 heterocycles. The molecule has 2 aromatic rings. The first kappa shape index (κ1) is 21.9. The van der Waals surface area contributed by atoms with E-state index >= 15 is 0 Å². The number of aryl methyl sites for hydroxylation is 1. The molecule has 2 N–H and O–H groups in total. The molecule has 0 aromatic heterocycles. The van der Waals surface area contributed by atoms with Gasteiger partial charge in [-0.25, -0.2) is 12.7 Å². The van der Waals surface area contributed by atoms with Crippen molar-refractivity contribution in [3.63, 3.8) is 0 Å². The number of hydrogen-bond acceptors (Lipinski definition) is 4. The van der Waals surface area contributed by atoms with Gasteiger partial charge in [0.25, 0.3) is 0 Å². The van der Waals surface area contributed by atoms with Gasteiger partial charge in [0, 0.05) is 25.5 Å². The third kappa shape index (κ3) is 5.11. The highest BCUT2D eigenvalue weighted by molar-refractivity contribution is 7.89. The van der Waals surface area contributed by atoms with Gasteiger partial charge in [-0.05, 0) is 55.2 Å². The first-order valence-corrected chi connectivity index (χ1v) is 10.7. The second kappa shape index (κ2) is 8.75. The molecule has 2 rings (SSSR count). The summed E-state index contributed by atoms with van der Waals surface area (Å²) in [5, 5.41) is 5.95. The molecule has 1 atom stereocenters. The molecule has 0 radical (unpaired) electrons. The lowest BCUT2D eigenvalue weighted by atomic mass is 10.0. The predicted octanol–water partition coefficient (Wildman–Crippen LogP) is 3.81. The van der Waals surface area contributed by atoms with Crippen LogP contribution in [0.3, 0.4) is 0 Å². The molecular weight excluding hydrogens is 374 g/mol. The van der Waals surface area contributed by atoms with E-state index in [4.69, 9.17) is 0 Å². The predicted molar refractivity (Wildman–Crippen MR) is 114 cm³/mol. The smallest absolute Gasteiger partial charge is 0.246 e. The average molecular weight is 404 g/mol. The summed E-state index contributed by atoms with van der Waals surface area (Å²) in [5.74, 6) is 0.231. The number of nitrogens with one attached hydrogen (secondary N) is 2. The SMILES string of the molecule is Cc1ccc(N[C@@H](C)C(=O)Nc2ccc(C(C)C)cc2)cc1S(=O)(=O)N(C)C. The molecule has 0 unspecified atom stereocenters. The van der Waals surface area contributed by atoms with Gasteiger partial charge in [0.05, 0.1) is 4.90 Å². The van der Waals surface area contributed by atoms with Gasteiger partial charge in [0.15, 0.2) is 0 Å². The van der Waals surface area contributed by atoms with Crippen molar-refractivity contribution in [2.75, 3.05) is 24.7 Å². The first-order valence-electron chi connectivity index (χ1n) is 9.23. The Kier molecular flexibility index (Phi) is 6.85. The van der Waals surface area contributed by atoms with E-state index in [1.807, 2.05) is 24.3 Å². The fourth-order valence-corrected chi connectivity index (χ4v) is 3.83. The Morgan fingerprint density at radius 3 is 2.07 bits per heavy atom. The zero-order chi connectivity index (χ0) is 21.1. The molecule has 0 spiro atoms. The lowest BCUT2D eigenvalue weighted by Gasteiger charge is -2.18. The lowest BCUT2D eigenvalue weighted by Crippen LogP contribution is -2.32. The molecule has 7 heteroatoms.